The third kappa shape index (κ3) is 4.19. The number of rotatable bonds is 5. The lowest BCUT2D eigenvalue weighted by molar-refractivity contribution is 0.128. The summed E-state index contributed by atoms with van der Waals surface area (Å²) in [5.41, 5.74) is 4.33. The maximum absolute atomic E-state index is 2.60. The van der Waals surface area contributed by atoms with Crippen LogP contribution in [-0.4, -0.2) is 42.5 Å². The van der Waals surface area contributed by atoms with Crippen LogP contribution in [0.2, 0.25) is 0 Å². The van der Waals surface area contributed by atoms with Crippen molar-refractivity contribution in [1.82, 2.24) is 9.80 Å². The molecule has 1 heterocycles. The maximum Gasteiger partial charge on any atom is 0.0237 e. The van der Waals surface area contributed by atoms with Crippen LogP contribution >= 0.6 is 0 Å². The van der Waals surface area contributed by atoms with E-state index in [1.807, 2.05) is 0 Å². The van der Waals surface area contributed by atoms with Crippen molar-refractivity contribution < 1.29 is 0 Å². The van der Waals surface area contributed by atoms with Crippen LogP contribution in [0.15, 0.2) is 54.6 Å². The molecule has 0 bridgehead atoms. The molecule has 0 N–H and O–H groups in total. The molecule has 0 unspecified atom stereocenters. The summed E-state index contributed by atoms with van der Waals surface area (Å²) >= 11 is 0. The Hall–Kier alpha value is -1.64. The second-order valence-electron chi connectivity index (χ2n) is 6.28. The van der Waals surface area contributed by atoms with Crippen LogP contribution in [0.1, 0.15) is 16.7 Å². The first-order valence-electron chi connectivity index (χ1n) is 8.34. The van der Waals surface area contributed by atoms with Gasteiger partial charge in [0.1, 0.15) is 0 Å². The molecule has 2 nitrogen and oxygen atoms in total. The molecule has 0 saturated carbocycles. The largest absolute Gasteiger partial charge is 0.300 e. The Labute approximate surface area is 134 Å². The summed E-state index contributed by atoms with van der Waals surface area (Å²) in [6.07, 6.45) is 1.17. The van der Waals surface area contributed by atoms with Gasteiger partial charge in [0.25, 0.3) is 0 Å². The van der Waals surface area contributed by atoms with Gasteiger partial charge in [-0.2, -0.15) is 0 Å². The average Bonchev–Trinajstić information content (AvgIpc) is 2.57. The number of hydrogen-bond donors (Lipinski definition) is 0. The van der Waals surface area contributed by atoms with E-state index >= 15 is 0 Å². The molecular formula is C20H26N2. The first-order valence-corrected chi connectivity index (χ1v) is 8.34. The van der Waals surface area contributed by atoms with Gasteiger partial charge in [-0.3, -0.25) is 4.90 Å². The van der Waals surface area contributed by atoms with Crippen molar-refractivity contribution >= 4 is 0 Å². The Morgan fingerprint density at radius 3 is 2.14 bits per heavy atom. The summed E-state index contributed by atoms with van der Waals surface area (Å²) in [5.74, 6) is 0. The van der Waals surface area contributed by atoms with Gasteiger partial charge in [0.2, 0.25) is 0 Å². The highest BCUT2D eigenvalue weighted by atomic mass is 15.3. The molecule has 1 aliphatic rings. The summed E-state index contributed by atoms with van der Waals surface area (Å²) in [6, 6.07) is 19.6. The van der Waals surface area contributed by atoms with Crippen LogP contribution in [0.5, 0.6) is 0 Å². The highest BCUT2D eigenvalue weighted by Gasteiger charge is 2.17. The molecular weight excluding hydrogens is 268 g/mol. The summed E-state index contributed by atoms with van der Waals surface area (Å²) in [4.78, 5) is 5.18. The Balaban J connectivity index is 1.44. The van der Waals surface area contributed by atoms with Crippen molar-refractivity contribution in [3.8, 4) is 0 Å². The van der Waals surface area contributed by atoms with Crippen LogP contribution in [0, 0.1) is 6.92 Å². The molecule has 0 amide bonds. The Morgan fingerprint density at radius 1 is 0.773 bits per heavy atom. The van der Waals surface area contributed by atoms with Crippen LogP contribution in [-0.2, 0) is 13.0 Å². The summed E-state index contributed by atoms with van der Waals surface area (Å²) in [5, 5.41) is 0. The molecule has 1 saturated heterocycles. The minimum Gasteiger partial charge on any atom is -0.300 e. The predicted octanol–water partition coefficient (Wildman–Crippen LogP) is 3.36. The summed E-state index contributed by atoms with van der Waals surface area (Å²) in [6.45, 7) is 9.25. The number of benzene rings is 2. The molecule has 1 fully saturated rings. The summed E-state index contributed by atoms with van der Waals surface area (Å²) < 4.78 is 0. The van der Waals surface area contributed by atoms with Crippen molar-refractivity contribution in [3.63, 3.8) is 0 Å². The fraction of sp³-hybridized carbons (Fsp3) is 0.400. The molecule has 0 spiro atoms. The van der Waals surface area contributed by atoms with Gasteiger partial charge in [0, 0.05) is 39.3 Å². The standard InChI is InChI=1S/C20H26N2/c1-18-7-5-6-10-20(18)17-22-15-13-21(14-16-22)12-11-19-8-3-2-4-9-19/h2-10H,11-17H2,1H3. The van der Waals surface area contributed by atoms with Crippen LogP contribution < -0.4 is 0 Å². The third-order valence-corrected chi connectivity index (χ3v) is 4.68. The van der Waals surface area contributed by atoms with Crippen molar-refractivity contribution in [3.05, 3.63) is 71.3 Å². The minimum absolute atomic E-state index is 1.10. The average molecular weight is 294 g/mol. The third-order valence-electron chi connectivity index (χ3n) is 4.68. The second-order valence-corrected chi connectivity index (χ2v) is 6.28. The minimum atomic E-state index is 1.10. The molecule has 1 aliphatic heterocycles. The van der Waals surface area contributed by atoms with Gasteiger partial charge in [-0.15, -0.1) is 0 Å². The molecule has 3 rings (SSSR count). The van der Waals surface area contributed by atoms with E-state index in [2.05, 4.69) is 71.3 Å². The fourth-order valence-electron chi connectivity index (χ4n) is 3.13. The molecule has 0 radical (unpaired) electrons. The van der Waals surface area contributed by atoms with Crippen molar-refractivity contribution in [2.45, 2.75) is 19.9 Å². The Kier molecular flexibility index (Phi) is 5.25. The van der Waals surface area contributed by atoms with Crippen molar-refractivity contribution in [1.29, 1.82) is 0 Å². The van der Waals surface area contributed by atoms with E-state index in [9.17, 15) is 0 Å². The van der Waals surface area contributed by atoms with E-state index in [0.29, 0.717) is 0 Å². The second kappa shape index (κ2) is 7.57. The van der Waals surface area contributed by atoms with Crippen LogP contribution in [0.3, 0.4) is 0 Å². The zero-order valence-corrected chi connectivity index (χ0v) is 13.5. The van der Waals surface area contributed by atoms with Crippen molar-refractivity contribution in [2.24, 2.45) is 0 Å². The van der Waals surface area contributed by atoms with E-state index in [1.54, 1.807) is 0 Å². The van der Waals surface area contributed by atoms with Gasteiger partial charge in [-0.05, 0) is 30.0 Å². The smallest absolute Gasteiger partial charge is 0.0237 e. The number of nitrogens with zero attached hydrogens (tertiary/aromatic N) is 2. The number of aryl methyl sites for hydroxylation is 1. The normalized spacial score (nSPS) is 16.8. The monoisotopic (exact) mass is 294 g/mol. The number of hydrogen-bond acceptors (Lipinski definition) is 2. The van der Waals surface area contributed by atoms with Gasteiger partial charge >= 0.3 is 0 Å². The van der Waals surface area contributed by atoms with Gasteiger partial charge < -0.3 is 4.90 Å². The lowest BCUT2D eigenvalue weighted by Crippen LogP contribution is -2.46. The fourth-order valence-corrected chi connectivity index (χ4v) is 3.13. The van der Waals surface area contributed by atoms with E-state index in [4.69, 9.17) is 0 Å². The zero-order valence-electron chi connectivity index (χ0n) is 13.5. The first-order chi connectivity index (χ1) is 10.8. The molecule has 0 atom stereocenters. The molecule has 0 aromatic heterocycles. The molecule has 0 aliphatic carbocycles. The highest BCUT2D eigenvalue weighted by Crippen LogP contribution is 2.12. The molecule has 116 valence electrons. The predicted molar refractivity (Wildman–Crippen MR) is 93.0 cm³/mol. The topological polar surface area (TPSA) is 6.48 Å². The van der Waals surface area contributed by atoms with E-state index < -0.39 is 0 Å². The highest BCUT2D eigenvalue weighted by molar-refractivity contribution is 5.25. The molecule has 2 aromatic carbocycles. The SMILES string of the molecule is Cc1ccccc1CN1CCN(CCc2ccccc2)CC1. The molecule has 22 heavy (non-hydrogen) atoms. The van der Waals surface area contributed by atoms with Gasteiger partial charge in [-0.1, -0.05) is 54.6 Å². The lowest BCUT2D eigenvalue weighted by Gasteiger charge is -2.35. The van der Waals surface area contributed by atoms with Gasteiger partial charge in [0.05, 0.1) is 0 Å². The zero-order chi connectivity index (χ0) is 15.2. The van der Waals surface area contributed by atoms with Crippen molar-refractivity contribution in [2.75, 3.05) is 32.7 Å². The first kappa shape index (κ1) is 15.3. The summed E-state index contributed by atoms with van der Waals surface area (Å²) in [7, 11) is 0. The lowest BCUT2D eigenvalue weighted by atomic mass is 10.1. The van der Waals surface area contributed by atoms with Gasteiger partial charge in [-0.25, -0.2) is 0 Å². The van der Waals surface area contributed by atoms with Gasteiger partial charge in [0.15, 0.2) is 0 Å². The molecule has 2 heteroatoms. The Morgan fingerprint density at radius 2 is 1.41 bits per heavy atom. The quantitative estimate of drug-likeness (QED) is 0.834. The van der Waals surface area contributed by atoms with E-state index in [-0.39, 0.29) is 0 Å². The maximum atomic E-state index is 2.60. The number of piperazine rings is 1. The van der Waals surface area contributed by atoms with Crippen LogP contribution in [0.25, 0.3) is 0 Å². The van der Waals surface area contributed by atoms with E-state index in [0.717, 1.165) is 6.54 Å². The van der Waals surface area contributed by atoms with E-state index in [1.165, 1.54) is 55.8 Å². The molecule has 2 aromatic rings. The Bertz CT molecular complexity index is 571. The van der Waals surface area contributed by atoms with Crippen LogP contribution in [0.4, 0.5) is 0 Å².